The molecule has 1 saturated heterocycles. The van der Waals surface area contributed by atoms with Crippen LogP contribution >= 0.6 is 11.3 Å². The molecule has 2 aromatic carbocycles. The Morgan fingerprint density at radius 1 is 1.16 bits per heavy atom. The van der Waals surface area contributed by atoms with Gasteiger partial charge in [-0.25, -0.2) is 18.7 Å². The van der Waals surface area contributed by atoms with Crippen LogP contribution < -0.4 is 5.32 Å². The van der Waals surface area contributed by atoms with Crippen LogP contribution in [0.3, 0.4) is 0 Å². The molecule has 2 aliphatic rings. The molecule has 0 radical (unpaired) electrons. The van der Waals surface area contributed by atoms with Gasteiger partial charge in [0.1, 0.15) is 12.3 Å². The van der Waals surface area contributed by atoms with Crippen molar-refractivity contribution in [2.75, 3.05) is 25.0 Å². The van der Waals surface area contributed by atoms with Gasteiger partial charge in [0, 0.05) is 47.7 Å². The topological polar surface area (TPSA) is 80.9 Å². The highest BCUT2D eigenvalue weighted by molar-refractivity contribution is 7.13. The first-order valence-corrected chi connectivity index (χ1v) is 16.0. The minimum absolute atomic E-state index is 0.0857. The lowest BCUT2D eigenvalue weighted by molar-refractivity contribution is -0.118. The van der Waals surface area contributed by atoms with Gasteiger partial charge >= 0.3 is 0 Å². The quantitative estimate of drug-likeness (QED) is 0.234. The summed E-state index contributed by atoms with van der Waals surface area (Å²) in [4.78, 5) is 24.7. The normalized spacial score (nSPS) is 21.1. The number of piperidine rings is 1. The summed E-state index contributed by atoms with van der Waals surface area (Å²) < 4.78 is 32.8. The largest absolute Gasteiger partial charge is 0.331 e. The standard InChI is InChI=1S/C33H35F2N7OS/c1-4-40-11-9-24(27(35)17-40)21-5-7-22(8-6-21)25-13-19(2)26-16-42(39-29(26)20(25)3)31(32(43)38-33-36-10-12-44-33)30-28-14-23(34)15-41(28)18-37-30/h5-8,10,12-13,16,18,23-24,27,31H,4,9,11,14-15,17H2,1-3H3,(H,36,38,43)/t23-,24+,27-,31?/m1/s1. The highest BCUT2D eigenvalue weighted by atomic mass is 32.1. The Hall–Kier alpha value is -3.96. The maximum absolute atomic E-state index is 15.0. The van der Waals surface area contributed by atoms with Gasteiger partial charge in [0.25, 0.3) is 5.91 Å². The van der Waals surface area contributed by atoms with Crippen LogP contribution in [0.2, 0.25) is 0 Å². The van der Waals surface area contributed by atoms with E-state index in [-0.39, 0.29) is 24.8 Å². The van der Waals surface area contributed by atoms with E-state index in [0.29, 0.717) is 23.1 Å². The predicted octanol–water partition coefficient (Wildman–Crippen LogP) is 6.24. The van der Waals surface area contributed by atoms with Crippen molar-refractivity contribution in [3.8, 4) is 11.1 Å². The molecule has 228 valence electrons. The van der Waals surface area contributed by atoms with Crippen LogP contribution in [0.4, 0.5) is 13.9 Å². The number of halogens is 2. The highest BCUT2D eigenvalue weighted by Gasteiger charge is 2.35. The molecule has 1 unspecified atom stereocenters. The Balaban J connectivity index is 1.24. The number of hydrogen-bond donors (Lipinski definition) is 1. The Morgan fingerprint density at radius 2 is 1.98 bits per heavy atom. The van der Waals surface area contributed by atoms with Gasteiger partial charge in [-0.15, -0.1) is 11.3 Å². The van der Waals surface area contributed by atoms with Crippen molar-refractivity contribution in [2.45, 2.75) is 64.5 Å². The number of amides is 1. The zero-order chi connectivity index (χ0) is 30.5. The van der Waals surface area contributed by atoms with Gasteiger partial charge in [-0.3, -0.25) is 14.8 Å². The van der Waals surface area contributed by atoms with Crippen LogP contribution in [0.15, 0.2) is 54.4 Å². The third kappa shape index (κ3) is 5.11. The minimum Gasteiger partial charge on any atom is -0.331 e. The molecule has 8 nitrogen and oxygen atoms in total. The molecule has 7 rings (SSSR count). The third-order valence-electron chi connectivity index (χ3n) is 9.22. The molecular weight excluding hydrogens is 580 g/mol. The van der Waals surface area contributed by atoms with E-state index in [9.17, 15) is 9.18 Å². The van der Waals surface area contributed by atoms with E-state index in [2.05, 4.69) is 57.4 Å². The summed E-state index contributed by atoms with van der Waals surface area (Å²) in [6, 6.07) is 9.51. The van der Waals surface area contributed by atoms with Gasteiger partial charge in [0.2, 0.25) is 0 Å². The van der Waals surface area contributed by atoms with E-state index in [1.807, 2.05) is 20.0 Å². The molecule has 5 aromatic rings. The van der Waals surface area contributed by atoms with Crippen LogP contribution in [0.1, 0.15) is 53.4 Å². The minimum atomic E-state index is -1.01. The van der Waals surface area contributed by atoms with Gasteiger partial charge < -0.3 is 9.47 Å². The molecule has 0 spiro atoms. The molecule has 44 heavy (non-hydrogen) atoms. The van der Waals surface area contributed by atoms with Crippen LogP contribution in [-0.2, 0) is 17.8 Å². The molecule has 2 aliphatic heterocycles. The number of likely N-dealkylation sites (tertiary alicyclic amines) is 1. The van der Waals surface area contributed by atoms with Gasteiger partial charge in [0.05, 0.1) is 24.1 Å². The van der Waals surface area contributed by atoms with E-state index in [1.54, 1.807) is 27.2 Å². The summed E-state index contributed by atoms with van der Waals surface area (Å²) in [7, 11) is 0. The number of alkyl halides is 2. The maximum Gasteiger partial charge on any atom is 0.257 e. The van der Waals surface area contributed by atoms with E-state index in [4.69, 9.17) is 5.10 Å². The Kier molecular flexibility index (Phi) is 7.54. The van der Waals surface area contributed by atoms with Crippen molar-refractivity contribution in [2.24, 2.45) is 0 Å². The van der Waals surface area contributed by atoms with E-state index in [1.165, 1.54) is 11.3 Å². The monoisotopic (exact) mass is 615 g/mol. The van der Waals surface area contributed by atoms with E-state index >= 15 is 4.39 Å². The van der Waals surface area contributed by atoms with Crippen molar-refractivity contribution in [1.29, 1.82) is 0 Å². The molecule has 3 aromatic heterocycles. The number of rotatable bonds is 7. The first kappa shape index (κ1) is 28.8. The molecule has 0 bridgehead atoms. The van der Waals surface area contributed by atoms with Crippen LogP contribution in [0.25, 0.3) is 22.0 Å². The van der Waals surface area contributed by atoms with Gasteiger partial charge in [-0.2, -0.15) is 5.10 Å². The first-order chi connectivity index (χ1) is 21.3. The molecule has 1 fully saturated rings. The summed E-state index contributed by atoms with van der Waals surface area (Å²) in [6.45, 7) is 8.66. The SMILES string of the molecule is CCN1CC[C@@H](c2ccc(-c3cc(C)c4cn(C(C(=O)Nc5nccs5)c5ncn6c5C[C@@H](F)C6)nc4c3C)cc2)[C@H](F)C1. The molecule has 1 amide bonds. The van der Waals surface area contributed by atoms with E-state index < -0.39 is 18.4 Å². The second-order valence-corrected chi connectivity index (χ2v) is 12.8. The lowest BCUT2D eigenvalue weighted by atomic mass is 9.86. The maximum atomic E-state index is 15.0. The van der Waals surface area contributed by atoms with Crippen molar-refractivity contribution in [1.82, 2.24) is 29.2 Å². The smallest absolute Gasteiger partial charge is 0.257 e. The number of aryl methyl sites for hydroxylation is 2. The highest BCUT2D eigenvalue weighted by Crippen LogP contribution is 2.36. The number of benzene rings is 2. The summed E-state index contributed by atoms with van der Waals surface area (Å²) >= 11 is 1.33. The second kappa shape index (κ2) is 11.5. The zero-order valence-electron chi connectivity index (χ0n) is 25.0. The van der Waals surface area contributed by atoms with Crippen LogP contribution in [-0.4, -0.2) is 67.1 Å². The number of carbonyl (C=O) groups excluding carboxylic acids is 1. The number of thiazole rings is 1. The second-order valence-electron chi connectivity index (χ2n) is 11.9. The van der Waals surface area contributed by atoms with Crippen molar-refractivity contribution in [3.63, 3.8) is 0 Å². The predicted molar refractivity (Wildman–Crippen MR) is 169 cm³/mol. The zero-order valence-corrected chi connectivity index (χ0v) is 25.8. The average molecular weight is 616 g/mol. The van der Waals surface area contributed by atoms with Crippen molar-refractivity contribution >= 4 is 33.3 Å². The number of carbonyl (C=O) groups is 1. The first-order valence-electron chi connectivity index (χ1n) is 15.1. The fourth-order valence-electron chi connectivity index (χ4n) is 6.81. The Labute approximate surface area is 258 Å². The lowest BCUT2D eigenvalue weighted by Gasteiger charge is -2.34. The molecule has 4 atom stereocenters. The van der Waals surface area contributed by atoms with Gasteiger partial charge in [-0.1, -0.05) is 37.3 Å². The molecule has 0 saturated carbocycles. The van der Waals surface area contributed by atoms with Crippen LogP contribution in [0, 0.1) is 13.8 Å². The number of nitrogens with zero attached hydrogens (tertiary/aromatic N) is 6. The van der Waals surface area contributed by atoms with Crippen molar-refractivity contribution < 1.29 is 13.6 Å². The number of imidazole rings is 1. The number of nitrogens with one attached hydrogen (secondary N) is 1. The number of aromatic nitrogens is 5. The number of fused-ring (bicyclic) bond motifs is 2. The van der Waals surface area contributed by atoms with Crippen molar-refractivity contribution in [3.05, 3.63) is 82.5 Å². The fourth-order valence-corrected chi connectivity index (χ4v) is 7.34. The molecule has 5 heterocycles. The summed E-state index contributed by atoms with van der Waals surface area (Å²) in [5, 5.41) is 11.1. The number of anilines is 1. The Morgan fingerprint density at radius 3 is 2.70 bits per heavy atom. The Bertz CT molecular complexity index is 1810. The van der Waals surface area contributed by atoms with E-state index in [0.717, 1.165) is 58.2 Å². The summed E-state index contributed by atoms with van der Waals surface area (Å²) in [5.74, 6) is -0.420. The molecular formula is C33H35F2N7OS. The van der Waals surface area contributed by atoms with Crippen LogP contribution in [0.5, 0.6) is 0 Å². The average Bonchev–Trinajstić information content (AvgIpc) is 3.82. The number of hydrogen-bond acceptors (Lipinski definition) is 6. The lowest BCUT2D eigenvalue weighted by Crippen LogP contribution is -2.40. The fraction of sp³-hybridized carbons (Fsp3) is 0.394. The molecule has 1 N–H and O–H groups in total. The molecule has 0 aliphatic carbocycles. The summed E-state index contributed by atoms with van der Waals surface area (Å²) in [5.41, 5.74) is 7.09. The third-order valence-corrected chi connectivity index (χ3v) is 9.91. The van der Waals surface area contributed by atoms with Gasteiger partial charge in [-0.05, 0) is 61.2 Å². The summed E-state index contributed by atoms with van der Waals surface area (Å²) in [6.07, 6.45) is 4.26. The molecule has 11 heteroatoms. The van der Waals surface area contributed by atoms with Gasteiger partial charge in [0.15, 0.2) is 11.2 Å².